The van der Waals surface area contributed by atoms with E-state index in [2.05, 4.69) is 5.32 Å². The minimum atomic E-state index is -3.26. The summed E-state index contributed by atoms with van der Waals surface area (Å²) in [5, 5.41) is 3.16. The molecule has 2 aliphatic rings. The number of hydrogen-bond acceptors (Lipinski definition) is 4. The van der Waals surface area contributed by atoms with E-state index in [1.54, 1.807) is 6.07 Å². The van der Waals surface area contributed by atoms with Crippen molar-refractivity contribution in [3.8, 4) is 0 Å². The summed E-state index contributed by atoms with van der Waals surface area (Å²) < 4.78 is 40.1. The third-order valence-corrected chi connectivity index (χ3v) is 9.10. The molecule has 7 nitrogen and oxygen atoms in total. The first-order valence-corrected chi connectivity index (χ1v) is 14.8. The van der Waals surface area contributed by atoms with E-state index >= 15 is 0 Å². The smallest absolute Gasteiger partial charge is 0.248 e. The molecule has 200 valence electrons. The third kappa shape index (κ3) is 7.17. The Morgan fingerprint density at radius 3 is 2.46 bits per heavy atom. The van der Waals surface area contributed by atoms with Gasteiger partial charge in [0.1, 0.15) is 11.9 Å². The summed E-state index contributed by atoms with van der Waals surface area (Å²) in [6, 6.07) is 12.2. The lowest BCUT2D eigenvalue weighted by Gasteiger charge is -2.34. The number of carbonyl (C=O) groups excluding carboxylic acids is 2. The average molecular weight is 530 g/mol. The molecule has 0 spiro atoms. The number of amides is 2. The summed E-state index contributed by atoms with van der Waals surface area (Å²) in [5.41, 5.74) is 1.83. The number of hydrogen-bond donors (Lipinski definition) is 1. The van der Waals surface area contributed by atoms with Gasteiger partial charge in [-0.25, -0.2) is 12.8 Å². The lowest BCUT2D eigenvalue weighted by atomic mass is 9.93. The summed E-state index contributed by atoms with van der Waals surface area (Å²) in [6.07, 6.45) is 5.77. The number of rotatable bonds is 11. The van der Waals surface area contributed by atoms with Crippen LogP contribution in [0.4, 0.5) is 10.1 Å². The Balaban J connectivity index is 1.61. The summed E-state index contributed by atoms with van der Waals surface area (Å²) in [4.78, 5) is 28.9. The number of anilines is 1. The third-order valence-electron chi connectivity index (χ3n) is 7.14. The Morgan fingerprint density at radius 2 is 1.78 bits per heavy atom. The number of benzene rings is 2. The van der Waals surface area contributed by atoms with E-state index < -0.39 is 21.9 Å². The van der Waals surface area contributed by atoms with Crippen LogP contribution in [0.3, 0.4) is 0 Å². The van der Waals surface area contributed by atoms with E-state index in [0.717, 1.165) is 37.7 Å². The van der Waals surface area contributed by atoms with Crippen LogP contribution in [0.2, 0.25) is 0 Å². The molecule has 9 heteroatoms. The highest BCUT2D eigenvalue weighted by Crippen LogP contribution is 2.32. The van der Waals surface area contributed by atoms with Gasteiger partial charge in [-0.05, 0) is 61.9 Å². The number of nitrogens with one attached hydrogen (secondary N) is 1. The Morgan fingerprint density at radius 1 is 1.05 bits per heavy atom. The minimum Gasteiger partial charge on any atom is -0.351 e. The van der Waals surface area contributed by atoms with Gasteiger partial charge in [-0.2, -0.15) is 4.31 Å². The van der Waals surface area contributed by atoms with Crippen LogP contribution in [-0.2, 0) is 19.6 Å². The van der Waals surface area contributed by atoms with Gasteiger partial charge in [-0.1, -0.05) is 49.6 Å². The Bertz CT molecular complexity index is 1210. The molecule has 2 amide bonds. The highest BCUT2D eigenvalue weighted by molar-refractivity contribution is 7.89. The van der Waals surface area contributed by atoms with Crippen molar-refractivity contribution in [2.75, 3.05) is 23.7 Å². The standard InChI is InChI=1S/C28H36FN3O4S/c1-21-10-5-6-15-25(21)27(28(34)30-23-12-3-2-4-13-23)32(24-14-9-11-22(29)20-24)26(33)16-7-8-19-37(35,36)31-17-18-31/h5-6,9-11,14-15,20,23,27H,2-4,7-8,12-13,16-19H2,1H3,(H,30,34)/t27-/m0/s1. The molecular weight excluding hydrogens is 493 g/mol. The van der Waals surface area contributed by atoms with Gasteiger partial charge >= 0.3 is 0 Å². The maximum Gasteiger partial charge on any atom is 0.248 e. The van der Waals surface area contributed by atoms with Crippen molar-refractivity contribution in [1.82, 2.24) is 9.62 Å². The fourth-order valence-corrected chi connectivity index (χ4v) is 6.48. The van der Waals surface area contributed by atoms with Crippen molar-refractivity contribution in [3.63, 3.8) is 0 Å². The van der Waals surface area contributed by atoms with E-state index in [9.17, 15) is 22.4 Å². The van der Waals surface area contributed by atoms with Gasteiger partial charge in [0.25, 0.3) is 0 Å². The van der Waals surface area contributed by atoms with Crippen LogP contribution < -0.4 is 10.2 Å². The van der Waals surface area contributed by atoms with Gasteiger partial charge in [0.05, 0.1) is 5.75 Å². The molecule has 1 N–H and O–H groups in total. The molecule has 1 aliphatic carbocycles. The molecule has 0 radical (unpaired) electrons. The largest absolute Gasteiger partial charge is 0.351 e. The Labute approximate surface area is 219 Å². The lowest BCUT2D eigenvalue weighted by Crippen LogP contribution is -2.47. The second kappa shape index (κ2) is 12.2. The Kier molecular flexibility index (Phi) is 8.97. The summed E-state index contributed by atoms with van der Waals surface area (Å²) in [5.74, 6) is -1.15. The van der Waals surface area contributed by atoms with Crippen LogP contribution in [0.5, 0.6) is 0 Å². The van der Waals surface area contributed by atoms with E-state index in [1.807, 2.05) is 31.2 Å². The monoisotopic (exact) mass is 529 g/mol. The molecule has 0 unspecified atom stereocenters. The normalized spacial score (nSPS) is 17.2. The molecule has 1 atom stereocenters. The predicted octanol–water partition coefficient (Wildman–Crippen LogP) is 4.47. The molecule has 2 aromatic carbocycles. The zero-order valence-electron chi connectivity index (χ0n) is 21.4. The first-order valence-electron chi connectivity index (χ1n) is 13.2. The van der Waals surface area contributed by atoms with Gasteiger partial charge in [0.2, 0.25) is 21.8 Å². The topological polar surface area (TPSA) is 86.6 Å². The summed E-state index contributed by atoms with van der Waals surface area (Å²) >= 11 is 0. The number of nitrogens with zero attached hydrogens (tertiary/aromatic N) is 2. The lowest BCUT2D eigenvalue weighted by molar-refractivity contribution is -0.127. The molecule has 2 fully saturated rings. The van der Waals surface area contributed by atoms with E-state index in [4.69, 9.17) is 0 Å². The number of halogens is 1. The number of aryl methyl sites for hydroxylation is 1. The fourth-order valence-electron chi connectivity index (χ4n) is 5.01. The molecular formula is C28H36FN3O4S. The summed E-state index contributed by atoms with van der Waals surface area (Å²) in [7, 11) is -3.26. The van der Waals surface area contributed by atoms with E-state index in [0.29, 0.717) is 37.2 Å². The summed E-state index contributed by atoms with van der Waals surface area (Å²) in [6.45, 7) is 3.01. The maximum absolute atomic E-state index is 14.3. The number of sulfonamides is 1. The van der Waals surface area contributed by atoms with Crippen molar-refractivity contribution in [1.29, 1.82) is 0 Å². The molecule has 1 heterocycles. The highest BCUT2D eigenvalue weighted by atomic mass is 32.2. The zero-order valence-corrected chi connectivity index (χ0v) is 22.2. The molecule has 0 bridgehead atoms. The van der Waals surface area contributed by atoms with Crippen LogP contribution in [0.15, 0.2) is 48.5 Å². The van der Waals surface area contributed by atoms with Gasteiger partial charge < -0.3 is 5.32 Å². The second-order valence-corrected chi connectivity index (χ2v) is 12.1. The fraction of sp³-hybridized carbons (Fsp3) is 0.500. The van der Waals surface area contributed by atoms with Gasteiger partial charge in [-0.15, -0.1) is 0 Å². The first kappa shape index (κ1) is 27.3. The van der Waals surface area contributed by atoms with Gasteiger partial charge in [-0.3, -0.25) is 14.5 Å². The van der Waals surface area contributed by atoms with Crippen LogP contribution in [0, 0.1) is 12.7 Å². The average Bonchev–Trinajstić information content (AvgIpc) is 3.73. The number of unbranched alkanes of at least 4 members (excludes halogenated alkanes) is 1. The van der Waals surface area contributed by atoms with Crippen molar-refractivity contribution in [3.05, 3.63) is 65.5 Å². The zero-order chi connectivity index (χ0) is 26.4. The van der Waals surface area contributed by atoms with Crippen LogP contribution in [0.1, 0.15) is 68.5 Å². The van der Waals surface area contributed by atoms with Crippen molar-refractivity contribution >= 4 is 27.5 Å². The van der Waals surface area contributed by atoms with Crippen LogP contribution in [-0.4, -0.2) is 49.4 Å². The van der Waals surface area contributed by atoms with Crippen LogP contribution >= 0.6 is 0 Å². The van der Waals surface area contributed by atoms with Crippen LogP contribution in [0.25, 0.3) is 0 Å². The quantitative estimate of drug-likeness (QED) is 0.344. The van der Waals surface area contributed by atoms with Crippen molar-refractivity contribution < 1.29 is 22.4 Å². The van der Waals surface area contributed by atoms with Gasteiger partial charge in [0.15, 0.2) is 0 Å². The minimum absolute atomic E-state index is 0.0103. The maximum atomic E-state index is 14.3. The van der Waals surface area contributed by atoms with Crippen molar-refractivity contribution in [2.24, 2.45) is 0 Å². The first-order chi connectivity index (χ1) is 17.8. The highest BCUT2D eigenvalue weighted by Gasteiger charge is 2.35. The molecule has 1 aliphatic heterocycles. The molecule has 1 saturated heterocycles. The van der Waals surface area contributed by atoms with Crippen molar-refractivity contribution in [2.45, 2.75) is 70.4 Å². The van der Waals surface area contributed by atoms with E-state index in [1.165, 1.54) is 27.4 Å². The molecule has 1 saturated carbocycles. The molecule has 2 aromatic rings. The van der Waals surface area contributed by atoms with Gasteiger partial charge in [0, 0.05) is 31.2 Å². The second-order valence-electron chi connectivity index (χ2n) is 10.0. The molecule has 37 heavy (non-hydrogen) atoms. The molecule has 0 aromatic heterocycles. The number of carbonyl (C=O) groups is 2. The molecule has 4 rings (SSSR count). The SMILES string of the molecule is Cc1ccccc1[C@@H](C(=O)NC1CCCCC1)N(C(=O)CCCCS(=O)(=O)N1CC1)c1cccc(F)c1. The van der Waals surface area contributed by atoms with E-state index in [-0.39, 0.29) is 30.0 Å². The Hall–Kier alpha value is -2.78. The predicted molar refractivity (Wildman–Crippen MR) is 142 cm³/mol.